The van der Waals surface area contributed by atoms with Crippen molar-refractivity contribution in [1.82, 2.24) is 0 Å². The van der Waals surface area contributed by atoms with E-state index < -0.39 is 89.5 Å². The first-order chi connectivity index (χ1) is 19.1. The average Bonchev–Trinajstić information content (AvgIpc) is 2.86. The monoisotopic (exact) mass is 600 g/mol. The van der Waals surface area contributed by atoms with Crippen LogP contribution < -0.4 is 0 Å². The number of aliphatic hydroxyl groups excluding tert-OH is 2. The first-order valence-electron chi connectivity index (χ1n) is 14.0. The highest BCUT2D eigenvalue weighted by atomic mass is 16.6. The van der Waals surface area contributed by atoms with Gasteiger partial charge in [0.15, 0.2) is 18.3 Å². The van der Waals surface area contributed by atoms with E-state index in [0.717, 1.165) is 13.8 Å². The Balaban J connectivity index is 3.70. The summed E-state index contributed by atoms with van der Waals surface area (Å²) in [6, 6.07) is 0. The number of ether oxygens (including phenoxy) is 4. The van der Waals surface area contributed by atoms with Crippen LogP contribution in [0.3, 0.4) is 0 Å². The number of hydrogen-bond donors (Lipinski definition) is 4. The number of carbonyl (C=O) groups excluding carboxylic acids is 4. The van der Waals surface area contributed by atoms with Gasteiger partial charge in [-0.1, -0.05) is 40.3 Å². The van der Waals surface area contributed by atoms with Crippen molar-refractivity contribution in [2.45, 2.75) is 123 Å². The summed E-state index contributed by atoms with van der Waals surface area (Å²) in [6.45, 7) is 18.2. The third-order valence-corrected chi connectivity index (χ3v) is 7.30. The van der Waals surface area contributed by atoms with Crippen LogP contribution in [0.1, 0.15) is 75.7 Å². The van der Waals surface area contributed by atoms with Crippen molar-refractivity contribution < 1.29 is 58.6 Å². The number of hydrogen-bond acceptors (Lipinski definition) is 12. The highest BCUT2D eigenvalue weighted by Gasteiger charge is 2.62. The Kier molecular flexibility index (Phi) is 12.9. The van der Waals surface area contributed by atoms with E-state index in [4.69, 9.17) is 18.9 Å². The molecule has 1 fully saturated rings. The van der Waals surface area contributed by atoms with Gasteiger partial charge in [0.2, 0.25) is 0 Å². The summed E-state index contributed by atoms with van der Waals surface area (Å²) in [7, 11) is 0. The van der Waals surface area contributed by atoms with E-state index in [1.165, 1.54) is 26.8 Å². The molecule has 0 amide bonds. The molecule has 0 aromatic carbocycles. The van der Waals surface area contributed by atoms with Crippen molar-refractivity contribution >= 4 is 23.9 Å². The second-order valence-corrected chi connectivity index (χ2v) is 12.2. The van der Waals surface area contributed by atoms with E-state index in [1.54, 1.807) is 34.6 Å². The quantitative estimate of drug-likeness (QED) is 0.110. The Morgan fingerprint density at radius 3 is 1.93 bits per heavy atom. The van der Waals surface area contributed by atoms with Crippen LogP contribution in [-0.2, 0) is 38.1 Å². The van der Waals surface area contributed by atoms with E-state index >= 15 is 0 Å². The van der Waals surface area contributed by atoms with Gasteiger partial charge in [-0.2, -0.15) is 0 Å². The van der Waals surface area contributed by atoms with Gasteiger partial charge in [0.1, 0.15) is 17.8 Å². The Morgan fingerprint density at radius 1 is 0.976 bits per heavy atom. The van der Waals surface area contributed by atoms with Gasteiger partial charge in [-0.25, -0.2) is 4.79 Å². The van der Waals surface area contributed by atoms with Gasteiger partial charge in [-0.15, -0.1) is 0 Å². The molecule has 1 aliphatic carbocycles. The van der Waals surface area contributed by atoms with Gasteiger partial charge < -0.3 is 39.4 Å². The lowest BCUT2D eigenvalue weighted by molar-refractivity contribution is -0.262. The lowest BCUT2D eigenvalue weighted by Gasteiger charge is -2.52. The van der Waals surface area contributed by atoms with Gasteiger partial charge in [-0.05, 0) is 40.2 Å². The Hall–Kier alpha value is -2.80. The number of aliphatic hydroxyl groups is 4. The topological polar surface area (TPSA) is 186 Å². The van der Waals surface area contributed by atoms with Crippen molar-refractivity contribution in [1.29, 1.82) is 0 Å². The average molecular weight is 601 g/mol. The molecule has 240 valence electrons. The van der Waals surface area contributed by atoms with Crippen LogP contribution in [0.5, 0.6) is 0 Å². The molecule has 1 saturated carbocycles. The zero-order valence-corrected chi connectivity index (χ0v) is 26.2. The normalized spacial score (nSPS) is 28.1. The third-order valence-electron chi connectivity index (χ3n) is 7.30. The number of carbonyl (C=O) groups is 4. The summed E-state index contributed by atoms with van der Waals surface area (Å²) in [4.78, 5) is 50.0. The highest BCUT2D eigenvalue weighted by Crippen LogP contribution is 2.43. The molecule has 1 rings (SSSR count). The van der Waals surface area contributed by atoms with E-state index in [1.807, 2.05) is 0 Å². The van der Waals surface area contributed by atoms with Gasteiger partial charge in [0, 0.05) is 18.9 Å². The predicted octanol–water partition coefficient (Wildman–Crippen LogP) is 1.75. The van der Waals surface area contributed by atoms with Gasteiger partial charge in [-0.3, -0.25) is 14.4 Å². The molecule has 0 heterocycles. The molecule has 1 aliphatic rings. The molecule has 4 N–H and O–H groups in total. The molecule has 42 heavy (non-hydrogen) atoms. The summed E-state index contributed by atoms with van der Waals surface area (Å²) in [6.07, 6.45) is -8.58. The molecular weight excluding hydrogens is 552 g/mol. The van der Waals surface area contributed by atoms with Crippen LogP contribution in [0.25, 0.3) is 0 Å². The number of allylic oxidation sites excluding steroid dienone is 1. The summed E-state index contributed by atoms with van der Waals surface area (Å²) >= 11 is 0. The van der Waals surface area contributed by atoms with Gasteiger partial charge >= 0.3 is 23.9 Å². The number of rotatable bonds is 12. The van der Waals surface area contributed by atoms with Crippen LogP contribution in [-0.4, -0.2) is 92.1 Å². The van der Waals surface area contributed by atoms with Crippen LogP contribution in [0.2, 0.25) is 0 Å². The fraction of sp³-hybridized carbons (Fsp3) is 0.733. The third kappa shape index (κ3) is 9.10. The molecule has 0 spiro atoms. The summed E-state index contributed by atoms with van der Waals surface area (Å²) in [5, 5.41) is 45.1. The summed E-state index contributed by atoms with van der Waals surface area (Å²) in [5.41, 5.74) is -3.89. The SMILES string of the molecule is C=C([C@H]1[C@H](O)[C@H](OC(=O)/C(C)=C\C)[C@@](C)(O)[C@@H](OC(C)=O)[C@H]1OC(=O)C(C)C)[C@H](O)C[C@H](OC(=O)C(C)C)C(C)(C)O. The maximum absolute atomic E-state index is 12.8. The van der Waals surface area contributed by atoms with Crippen molar-refractivity contribution in [3.63, 3.8) is 0 Å². The Morgan fingerprint density at radius 2 is 1.50 bits per heavy atom. The van der Waals surface area contributed by atoms with Gasteiger partial charge in [0.25, 0.3) is 0 Å². The second kappa shape index (κ2) is 14.6. The maximum atomic E-state index is 12.8. The lowest BCUT2D eigenvalue weighted by atomic mass is 9.67. The highest BCUT2D eigenvalue weighted by molar-refractivity contribution is 5.87. The van der Waals surface area contributed by atoms with Crippen LogP contribution in [0, 0.1) is 17.8 Å². The Bertz CT molecular complexity index is 1040. The van der Waals surface area contributed by atoms with E-state index in [-0.39, 0.29) is 17.6 Å². The van der Waals surface area contributed by atoms with E-state index in [2.05, 4.69) is 6.58 Å². The molecule has 12 heteroatoms. The van der Waals surface area contributed by atoms with Crippen LogP contribution >= 0.6 is 0 Å². The van der Waals surface area contributed by atoms with Crippen molar-refractivity contribution in [2.24, 2.45) is 17.8 Å². The molecule has 0 bridgehead atoms. The molecular formula is C30H48O12. The zero-order chi connectivity index (χ0) is 32.9. The molecule has 0 unspecified atom stereocenters. The largest absolute Gasteiger partial charge is 0.459 e. The molecule has 8 atom stereocenters. The number of esters is 4. The first kappa shape index (κ1) is 37.2. The lowest BCUT2D eigenvalue weighted by Crippen LogP contribution is -2.70. The standard InChI is InChI=1S/C30H48O12/c1-12-16(6)28(36)42-24-22(33)21(17(7)19(32)13-20(29(9,10)37)40-26(34)14(2)3)23(41-27(35)15(4)5)25(30(24,11)38)39-18(8)31/h12,14-15,19-25,32-33,37-38H,7,13H2,1-6,8-11H3/b16-12-/t19-,20+,21+,22+,23+,24+,25+,30-/m1/s1. The minimum Gasteiger partial charge on any atom is -0.459 e. The van der Waals surface area contributed by atoms with Gasteiger partial charge in [0.05, 0.1) is 29.5 Å². The molecule has 0 aromatic heterocycles. The summed E-state index contributed by atoms with van der Waals surface area (Å²) < 4.78 is 22.0. The van der Waals surface area contributed by atoms with Crippen molar-refractivity contribution in [3.05, 3.63) is 23.8 Å². The molecule has 0 radical (unpaired) electrons. The fourth-order valence-electron chi connectivity index (χ4n) is 4.46. The van der Waals surface area contributed by atoms with Crippen molar-refractivity contribution in [2.75, 3.05) is 0 Å². The fourth-order valence-corrected chi connectivity index (χ4v) is 4.46. The molecule has 0 saturated heterocycles. The maximum Gasteiger partial charge on any atom is 0.333 e. The first-order valence-corrected chi connectivity index (χ1v) is 14.0. The predicted molar refractivity (Wildman–Crippen MR) is 150 cm³/mol. The molecule has 0 aliphatic heterocycles. The Labute approximate surface area is 247 Å². The summed E-state index contributed by atoms with van der Waals surface area (Å²) in [5.74, 6) is -5.81. The van der Waals surface area contributed by atoms with Crippen molar-refractivity contribution in [3.8, 4) is 0 Å². The van der Waals surface area contributed by atoms with E-state index in [9.17, 15) is 39.6 Å². The second-order valence-electron chi connectivity index (χ2n) is 12.2. The van der Waals surface area contributed by atoms with Crippen LogP contribution in [0.15, 0.2) is 23.8 Å². The minimum absolute atomic E-state index is 0.158. The molecule has 0 aromatic rings. The van der Waals surface area contributed by atoms with Crippen LogP contribution in [0.4, 0.5) is 0 Å². The minimum atomic E-state index is -2.28. The zero-order valence-electron chi connectivity index (χ0n) is 26.2. The smallest absolute Gasteiger partial charge is 0.333 e. The molecule has 12 nitrogen and oxygen atoms in total. The van der Waals surface area contributed by atoms with E-state index in [0.29, 0.717) is 0 Å².